The van der Waals surface area contributed by atoms with E-state index in [4.69, 9.17) is 0 Å². The Balaban J connectivity index is 1.51. The van der Waals surface area contributed by atoms with Gasteiger partial charge in [0.2, 0.25) is 9.84 Å². The Morgan fingerprint density at radius 2 is 1.75 bits per heavy atom. The van der Waals surface area contributed by atoms with Crippen molar-refractivity contribution in [3.8, 4) is 0 Å². The van der Waals surface area contributed by atoms with E-state index in [-0.39, 0.29) is 22.2 Å². The number of hydrogen-bond donors (Lipinski definition) is 2. The fourth-order valence-electron chi connectivity index (χ4n) is 2.93. The van der Waals surface area contributed by atoms with Crippen molar-refractivity contribution in [2.45, 2.75) is 16.3 Å². The maximum absolute atomic E-state index is 12.7. The lowest BCUT2D eigenvalue weighted by Gasteiger charge is -2.08. The average Bonchev–Trinajstić information content (AvgIpc) is 3.17. The molecule has 140 valence electrons. The predicted molar refractivity (Wildman–Crippen MR) is 106 cm³/mol. The quantitative estimate of drug-likeness (QED) is 0.546. The van der Waals surface area contributed by atoms with Crippen molar-refractivity contribution in [3.05, 3.63) is 90.4 Å². The van der Waals surface area contributed by atoms with Crippen LogP contribution in [0.4, 0.5) is 0 Å². The first-order valence-electron chi connectivity index (χ1n) is 8.64. The fraction of sp³-hybridized carbons (Fsp3) is 0.0476. The molecule has 0 bridgehead atoms. The molecule has 0 fully saturated rings. The number of benzene rings is 2. The SMILES string of the molecule is O=C(NCc1cccc(S(=O)(=O)c2ccccc2)c1)c1cc2cnccc2[nH]1. The van der Waals surface area contributed by atoms with Crippen LogP contribution in [0.2, 0.25) is 0 Å². The standard InChI is InChI=1S/C21H17N3O3S/c25-21(20-12-16-14-22-10-9-19(16)24-20)23-13-15-5-4-8-18(11-15)28(26,27)17-6-2-1-3-7-17/h1-12,14,24H,13H2,(H,23,25). The number of sulfone groups is 1. The highest BCUT2D eigenvalue weighted by Gasteiger charge is 2.17. The summed E-state index contributed by atoms with van der Waals surface area (Å²) in [4.78, 5) is 19.9. The Hall–Kier alpha value is -3.45. The monoisotopic (exact) mass is 391 g/mol. The zero-order valence-electron chi connectivity index (χ0n) is 14.8. The molecule has 0 radical (unpaired) electrons. The van der Waals surface area contributed by atoms with Gasteiger partial charge < -0.3 is 10.3 Å². The van der Waals surface area contributed by atoms with Crippen molar-refractivity contribution in [2.24, 2.45) is 0 Å². The summed E-state index contributed by atoms with van der Waals surface area (Å²) in [5.74, 6) is -0.271. The van der Waals surface area contributed by atoms with Crippen LogP contribution in [-0.4, -0.2) is 24.3 Å². The largest absolute Gasteiger partial charge is 0.350 e. The van der Waals surface area contributed by atoms with E-state index in [1.54, 1.807) is 79.1 Å². The maximum Gasteiger partial charge on any atom is 0.267 e. The third kappa shape index (κ3) is 3.52. The van der Waals surface area contributed by atoms with Gasteiger partial charge >= 0.3 is 0 Å². The zero-order valence-corrected chi connectivity index (χ0v) is 15.6. The minimum Gasteiger partial charge on any atom is -0.350 e. The van der Waals surface area contributed by atoms with Gasteiger partial charge in [0.15, 0.2) is 0 Å². The molecule has 4 aromatic rings. The minimum absolute atomic E-state index is 0.196. The zero-order chi connectivity index (χ0) is 19.6. The van der Waals surface area contributed by atoms with Crippen LogP contribution in [0.25, 0.3) is 10.9 Å². The number of pyridine rings is 1. The number of nitrogens with one attached hydrogen (secondary N) is 2. The highest BCUT2D eigenvalue weighted by molar-refractivity contribution is 7.91. The van der Waals surface area contributed by atoms with Crippen LogP contribution in [0.1, 0.15) is 16.1 Å². The summed E-state index contributed by atoms with van der Waals surface area (Å²) in [5.41, 5.74) is 1.95. The first-order chi connectivity index (χ1) is 13.5. The Bertz CT molecular complexity index is 1220. The van der Waals surface area contributed by atoms with Gasteiger partial charge in [0.25, 0.3) is 5.91 Å². The van der Waals surface area contributed by atoms with E-state index in [1.807, 2.05) is 0 Å². The molecule has 0 unspecified atom stereocenters. The fourth-order valence-corrected chi connectivity index (χ4v) is 4.28. The molecule has 0 spiro atoms. The third-order valence-electron chi connectivity index (χ3n) is 4.38. The number of carbonyl (C=O) groups excluding carboxylic acids is 1. The molecule has 0 aliphatic heterocycles. The molecule has 6 nitrogen and oxygen atoms in total. The van der Waals surface area contributed by atoms with Crippen LogP contribution in [0.3, 0.4) is 0 Å². The van der Waals surface area contributed by atoms with E-state index in [0.717, 1.165) is 10.9 Å². The molecule has 1 amide bonds. The normalized spacial score (nSPS) is 11.4. The van der Waals surface area contributed by atoms with Gasteiger partial charge in [0.1, 0.15) is 5.69 Å². The van der Waals surface area contributed by atoms with Crippen molar-refractivity contribution in [1.82, 2.24) is 15.3 Å². The second-order valence-corrected chi connectivity index (χ2v) is 8.24. The highest BCUT2D eigenvalue weighted by Crippen LogP contribution is 2.21. The van der Waals surface area contributed by atoms with Crippen LogP contribution >= 0.6 is 0 Å². The van der Waals surface area contributed by atoms with Gasteiger partial charge in [-0.15, -0.1) is 0 Å². The summed E-state index contributed by atoms with van der Waals surface area (Å²) < 4.78 is 25.5. The summed E-state index contributed by atoms with van der Waals surface area (Å²) >= 11 is 0. The van der Waals surface area contributed by atoms with Crippen LogP contribution in [-0.2, 0) is 16.4 Å². The second kappa shape index (κ2) is 7.28. The number of nitrogens with zero attached hydrogens (tertiary/aromatic N) is 1. The molecule has 2 heterocycles. The van der Waals surface area contributed by atoms with Crippen molar-refractivity contribution < 1.29 is 13.2 Å². The lowest BCUT2D eigenvalue weighted by Crippen LogP contribution is -2.23. The summed E-state index contributed by atoms with van der Waals surface area (Å²) in [6.07, 6.45) is 3.33. The van der Waals surface area contributed by atoms with Crippen molar-refractivity contribution in [1.29, 1.82) is 0 Å². The molecule has 7 heteroatoms. The number of H-pyrrole nitrogens is 1. The first-order valence-corrected chi connectivity index (χ1v) is 10.1. The Labute approximate surface area is 162 Å². The predicted octanol–water partition coefficient (Wildman–Crippen LogP) is 3.33. The molecule has 0 saturated carbocycles. The van der Waals surface area contributed by atoms with E-state index in [1.165, 1.54) is 0 Å². The number of fused-ring (bicyclic) bond motifs is 1. The smallest absolute Gasteiger partial charge is 0.267 e. The molecule has 2 aromatic carbocycles. The molecule has 2 aromatic heterocycles. The number of amides is 1. The molecule has 0 aliphatic rings. The third-order valence-corrected chi connectivity index (χ3v) is 6.15. The van der Waals surface area contributed by atoms with E-state index >= 15 is 0 Å². The summed E-state index contributed by atoms with van der Waals surface area (Å²) in [7, 11) is -3.60. The molecule has 0 saturated heterocycles. The van der Waals surface area contributed by atoms with E-state index in [0.29, 0.717) is 11.3 Å². The Morgan fingerprint density at radius 3 is 2.54 bits per heavy atom. The minimum atomic E-state index is -3.60. The molecule has 4 rings (SSSR count). The first kappa shape index (κ1) is 17.9. The van der Waals surface area contributed by atoms with E-state index in [2.05, 4.69) is 15.3 Å². The van der Waals surface area contributed by atoms with Crippen LogP contribution in [0.5, 0.6) is 0 Å². The van der Waals surface area contributed by atoms with Gasteiger partial charge in [-0.2, -0.15) is 0 Å². The summed E-state index contributed by atoms with van der Waals surface area (Å²) in [6.45, 7) is 0.213. The van der Waals surface area contributed by atoms with Crippen molar-refractivity contribution in [2.75, 3.05) is 0 Å². The number of rotatable bonds is 5. The summed E-state index contributed by atoms with van der Waals surface area (Å²) in [6, 6.07) is 18.4. The highest BCUT2D eigenvalue weighted by atomic mass is 32.2. The van der Waals surface area contributed by atoms with E-state index in [9.17, 15) is 13.2 Å². The second-order valence-electron chi connectivity index (χ2n) is 6.29. The Kier molecular flexibility index (Phi) is 4.67. The molecule has 0 atom stereocenters. The van der Waals surface area contributed by atoms with Crippen molar-refractivity contribution >= 4 is 26.6 Å². The molecular weight excluding hydrogens is 374 g/mol. The van der Waals surface area contributed by atoms with Gasteiger partial charge in [-0.3, -0.25) is 9.78 Å². The lowest BCUT2D eigenvalue weighted by molar-refractivity contribution is 0.0946. The van der Waals surface area contributed by atoms with E-state index < -0.39 is 9.84 Å². The molecule has 2 N–H and O–H groups in total. The summed E-state index contributed by atoms with van der Waals surface area (Å²) in [5, 5.41) is 3.66. The van der Waals surface area contributed by atoms with Gasteiger partial charge in [0, 0.05) is 29.8 Å². The molecular formula is C21H17N3O3S. The van der Waals surface area contributed by atoms with Gasteiger partial charge in [-0.1, -0.05) is 30.3 Å². The number of aromatic amines is 1. The average molecular weight is 391 g/mol. The number of aromatic nitrogens is 2. The van der Waals surface area contributed by atoms with Gasteiger partial charge in [-0.05, 0) is 42.0 Å². The van der Waals surface area contributed by atoms with Crippen LogP contribution in [0.15, 0.2) is 88.9 Å². The van der Waals surface area contributed by atoms with Gasteiger partial charge in [-0.25, -0.2) is 8.42 Å². The van der Waals surface area contributed by atoms with Crippen LogP contribution in [0, 0.1) is 0 Å². The van der Waals surface area contributed by atoms with Crippen molar-refractivity contribution in [3.63, 3.8) is 0 Å². The topological polar surface area (TPSA) is 91.9 Å². The van der Waals surface area contributed by atoms with Crippen LogP contribution < -0.4 is 5.32 Å². The maximum atomic E-state index is 12.7. The number of hydrogen-bond acceptors (Lipinski definition) is 4. The Morgan fingerprint density at radius 1 is 0.964 bits per heavy atom. The number of carbonyl (C=O) groups is 1. The molecule has 0 aliphatic carbocycles. The lowest BCUT2D eigenvalue weighted by atomic mass is 10.2. The van der Waals surface area contributed by atoms with Gasteiger partial charge in [0.05, 0.1) is 9.79 Å². The molecule has 28 heavy (non-hydrogen) atoms.